The zero-order valence-electron chi connectivity index (χ0n) is 10.7. The Hall–Kier alpha value is -1.51. The summed E-state index contributed by atoms with van der Waals surface area (Å²) in [7, 11) is 0. The number of fused-ring (bicyclic) bond motifs is 1. The molecule has 0 aromatic heterocycles. The van der Waals surface area contributed by atoms with E-state index < -0.39 is 0 Å². The van der Waals surface area contributed by atoms with E-state index in [0.29, 0.717) is 18.0 Å². The predicted octanol–water partition coefficient (Wildman–Crippen LogP) is 3.83. The molecule has 1 aromatic carbocycles. The SMILES string of the molecule is CCOc1cc(F)c2c(c1)C(C)=CC(C)(C)N2. The Morgan fingerprint density at radius 1 is 1.35 bits per heavy atom. The Balaban J connectivity index is 2.52. The topological polar surface area (TPSA) is 21.3 Å². The van der Waals surface area contributed by atoms with Gasteiger partial charge in [0.05, 0.1) is 17.8 Å². The van der Waals surface area contributed by atoms with Gasteiger partial charge in [0.25, 0.3) is 0 Å². The first-order valence-electron chi connectivity index (χ1n) is 5.87. The third kappa shape index (κ3) is 2.28. The van der Waals surface area contributed by atoms with Crippen molar-refractivity contribution in [3.05, 3.63) is 29.6 Å². The zero-order chi connectivity index (χ0) is 12.6. The van der Waals surface area contributed by atoms with Crippen molar-refractivity contribution in [2.45, 2.75) is 33.2 Å². The maximum absolute atomic E-state index is 14.0. The van der Waals surface area contributed by atoms with Crippen LogP contribution in [0.5, 0.6) is 5.75 Å². The minimum atomic E-state index is -0.258. The van der Waals surface area contributed by atoms with E-state index in [0.717, 1.165) is 11.1 Å². The second kappa shape index (κ2) is 4.06. The minimum absolute atomic E-state index is 0.217. The molecule has 0 atom stereocenters. The van der Waals surface area contributed by atoms with Gasteiger partial charge in [0.1, 0.15) is 5.75 Å². The van der Waals surface area contributed by atoms with Crippen molar-refractivity contribution in [3.63, 3.8) is 0 Å². The van der Waals surface area contributed by atoms with Gasteiger partial charge < -0.3 is 10.1 Å². The Labute approximate surface area is 101 Å². The van der Waals surface area contributed by atoms with Crippen molar-refractivity contribution in [2.24, 2.45) is 0 Å². The van der Waals surface area contributed by atoms with Gasteiger partial charge in [0.15, 0.2) is 5.82 Å². The normalized spacial score (nSPS) is 16.9. The first-order chi connectivity index (χ1) is 7.93. The summed E-state index contributed by atoms with van der Waals surface area (Å²) in [6.07, 6.45) is 2.10. The number of ether oxygens (including phenoxy) is 1. The highest BCUT2D eigenvalue weighted by Crippen LogP contribution is 2.37. The molecule has 3 heteroatoms. The van der Waals surface area contributed by atoms with Crippen LogP contribution in [0.2, 0.25) is 0 Å². The molecule has 0 aliphatic carbocycles. The molecule has 2 rings (SSSR count). The van der Waals surface area contributed by atoms with Crippen molar-refractivity contribution < 1.29 is 9.13 Å². The molecular weight excluding hydrogens is 217 g/mol. The number of nitrogens with one attached hydrogen (secondary N) is 1. The molecule has 0 amide bonds. The molecule has 0 fully saturated rings. The monoisotopic (exact) mass is 235 g/mol. The van der Waals surface area contributed by atoms with Gasteiger partial charge >= 0.3 is 0 Å². The van der Waals surface area contributed by atoms with Crippen molar-refractivity contribution in [1.29, 1.82) is 0 Å². The number of rotatable bonds is 2. The Morgan fingerprint density at radius 3 is 2.71 bits per heavy atom. The van der Waals surface area contributed by atoms with Crippen molar-refractivity contribution in [1.82, 2.24) is 0 Å². The second-order valence-electron chi connectivity index (χ2n) is 4.93. The highest BCUT2D eigenvalue weighted by molar-refractivity contribution is 5.81. The van der Waals surface area contributed by atoms with Crippen LogP contribution in [-0.4, -0.2) is 12.1 Å². The van der Waals surface area contributed by atoms with Crippen LogP contribution in [0.25, 0.3) is 5.57 Å². The van der Waals surface area contributed by atoms with Crippen LogP contribution in [0, 0.1) is 5.82 Å². The lowest BCUT2D eigenvalue weighted by Crippen LogP contribution is -2.32. The van der Waals surface area contributed by atoms with E-state index >= 15 is 0 Å². The molecule has 17 heavy (non-hydrogen) atoms. The first-order valence-corrected chi connectivity index (χ1v) is 5.87. The molecular formula is C14H18FNO. The van der Waals surface area contributed by atoms with Gasteiger partial charge in [-0.3, -0.25) is 0 Å². The van der Waals surface area contributed by atoms with Gasteiger partial charge in [0.2, 0.25) is 0 Å². The summed E-state index contributed by atoms with van der Waals surface area (Å²) >= 11 is 0. The fourth-order valence-electron chi connectivity index (χ4n) is 2.25. The summed E-state index contributed by atoms with van der Waals surface area (Å²) in [5, 5.41) is 3.20. The summed E-state index contributed by atoms with van der Waals surface area (Å²) in [5.41, 5.74) is 2.31. The maximum atomic E-state index is 14.0. The van der Waals surface area contributed by atoms with Gasteiger partial charge in [-0.1, -0.05) is 6.08 Å². The summed E-state index contributed by atoms with van der Waals surface area (Å²) < 4.78 is 19.4. The lowest BCUT2D eigenvalue weighted by Gasteiger charge is -2.31. The summed E-state index contributed by atoms with van der Waals surface area (Å²) in [6.45, 7) is 8.47. The Bertz CT molecular complexity index is 477. The average molecular weight is 235 g/mol. The lowest BCUT2D eigenvalue weighted by atomic mass is 9.91. The van der Waals surface area contributed by atoms with E-state index in [1.165, 1.54) is 6.07 Å². The number of allylic oxidation sites excluding steroid dienone is 1. The highest BCUT2D eigenvalue weighted by Gasteiger charge is 2.25. The van der Waals surface area contributed by atoms with Crippen LogP contribution in [0.3, 0.4) is 0 Å². The van der Waals surface area contributed by atoms with Crippen LogP contribution in [0.1, 0.15) is 33.3 Å². The molecule has 0 radical (unpaired) electrons. The summed E-state index contributed by atoms with van der Waals surface area (Å²) in [6, 6.07) is 3.32. The summed E-state index contributed by atoms with van der Waals surface area (Å²) in [5.74, 6) is 0.324. The van der Waals surface area contributed by atoms with Crippen LogP contribution in [0.15, 0.2) is 18.2 Å². The van der Waals surface area contributed by atoms with E-state index in [4.69, 9.17) is 4.74 Å². The van der Waals surface area contributed by atoms with E-state index in [1.54, 1.807) is 0 Å². The van der Waals surface area contributed by atoms with Crippen molar-refractivity contribution in [3.8, 4) is 5.75 Å². The molecule has 1 aliphatic heterocycles. The standard InChI is InChI=1S/C14H18FNO/c1-5-17-10-6-11-9(2)8-14(3,4)16-13(11)12(15)7-10/h6-8,16H,5H2,1-4H3. The van der Waals surface area contributed by atoms with Crippen LogP contribution in [0.4, 0.5) is 10.1 Å². The Morgan fingerprint density at radius 2 is 2.06 bits per heavy atom. The molecule has 1 aliphatic rings. The predicted molar refractivity (Wildman–Crippen MR) is 68.9 cm³/mol. The lowest BCUT2D eigenvalue weighted by molar-refractivity contribution is 0.338. The van der Waals surface area contributed by atoms with Gasteiger partial charge in [-0.05, 0) is 39.3 Å². The number of hydrogen-bond donors (Lipinski definition) is 1. The average Bonchev–Trinajstić information content (AvgIpc) is 2.19. The van der Waals surface area contributed by atoms with Gasteiger partial charge in [-0.2, -0.15) is 0 Å². The van der Waals surface area contributed by atoms with Gasteiger partial charge in [-0.15, -0.1) is 0 Å². The smallest absolute Gasteiger partial charge is 0.150 e. The highest BCUT2D eigenvalue weighted by atomic mass is 19.1. The first kappa shape index (κ1) is 12.0. The molecule has 1 heterocycles. The molecule has 0 saturated heterocycles. The summed E-state index contributed by atoms with van der Waals surface area (Å²) in [4.78, 5) is 0. The van der Waals surface area contributed by atoms with Crippen LogP contribution in [-0.2, 0) is 0 Å². The molecule has 92 valence electrons. The van der Waals surface area contributed by atoms with E-state index in [1.807, 2.05) is 33.8 Å². The largest absolute Gasteiger partial charge is 0.494 e. The third-order valence-electron chi connectivity index (χ3n) is 2.82. The minimum Gasteiger partial charge on any atom is -0.494 e. The fourth-order valence-corrected chi connectivity index (χ4v) is 2.25. The number of anilines is 1. The van der Waals surface area contributed by atoms with Crippen LogP contribution >= 0.6 is 0 Å². The zero-order valence-corrected chi connectivity index (χ0v) is 10.7. The molecule has 0 saturated carbocycles. The van der Waals surface area contributed by atoms with E-state index in [-0.39, 0.29) is 11.4 Å². The molecule has 0 bridgehead atoms. The van der Waals surface area contributed by atoms with Crippen molar-refractivity contribution >= 4 is 11.3 Å². The van der Waals surface area contributed by atoms with E-state index in [9.17, 15) is 4.39 Å². The molecule has 0 spiro atoms. The number of benzene rings is 1. The van der Waals surface area contributed by atoms with Gasteiger partial charge in [-0.25, -0.2) is 4.39 Å². The fraction of sp³-hybridized carbons (Fsp3) is 0.429. The molecule has 1 N–H and O–H groups in total. The van der Waals surface area contributed by atoms with Crippen LogP contribution < -0.4 is 10.1 Å². The molecule has 1 aromatic rings. The van der Waals surface area contributed by atoms with Gasteiger partial charge in [0, 0.05) is 11.6 Å². The molecule has 0 unspecified atom stereocenters. The number of hydrogen-bond acceptors (Lipinski definition) is 2. The maximum Gasteiger partial charge on any atom is 0.150 e. The van der Waals surface area contributed by atoms with Crippen molar-refractivity contribution in [2.75, 3.05) is 11.9 Å². The van der Waals surface area contributed by atoms with E-state index in [2.05, 4.69) is 11.4 Å². The second-order valence-corrected chi connectivity index (χ2v) is 4.93. The quantitative estimate of drug-likeness (QED) is 0.841. The number of halogens is 1. The Kier molecular flexibility index (Phi) is 2.86. The molecule has 2 nitrogen and oxygen atoms in total. The third-order valence-corrected chi connectivity index (χ3v) is 2.82.